The van der Waals surface area contributed by atoms with Crippen molar-refractivity contribution in [2.75, 3.05) is 37.7 Å². The Morgan fingerprint density at radius 1 is 1.20 bits per heavy atom. The zero-order valence-electron chi connectivity index (χ0n) is 14.4. The van der Waals surface area contributed by atoms with E-state index in [-0.39, 0.29) is 5.91 Å². The van der Waals surface area contributed by atoms with Gasteiger partial charge in [-0.3, -0.25) is 14.4 Å². The molecule has 7 heteroatoms. The number of carbonyl (C=O) groups is 1. The second-order valence-corrected chi connectivity index (χ2v) is 6.42. The van der Waals surface area contributed by atoms with E-state index in [0.29, 0.717) is 32.8 Å². The second-order valence-electron chi connectivity index (χ2n) is 6.42. The van der Waals surface area contributed by atoms with Crippen molar-refractivity contribution < 1.29 is 14.3 Å². The van der Waals surface area contributed by atoms with Crippen LogP contribution in [0.15, 0.2) is 30.6 Å². The lowest BCUT2D eigenvalue weighted by Crippen LogP contribution is -2.50. The van der Waals surface area contributed by atoms with E-state index in [9.17, 15) is 4.79 Å². The first-order valence-electron chi connectivity index (χ1n) is 8.59. The monoisotopic (exact) mass is 342 g/mol. The van der Waals surface area contributed by atoms with E-state index >= 15 is 0 Å². The second kappa shape index (κ2) is 6.76. The fraction of sp³-hybridized carbons (Fsp3) is 0.444. The van der Waals surface area contributed by atoms with E-state index in [4.69, 9.17) is 9.47 Å². The SMILES string of the molecule is Cn1cc(N2CCN(Cc3cccc4c3OCCCO4)CC2=O)cn1. The fourth-order valence-electron chi connectivity index (χ4n) is 3.30. The lowest BCUT2D eigenvalue weighted by molar-refractivity contribution is -0.121. The highest BCUT2D eigenvalue weighted by Gasteiger charge is 2.27. The van der Waals surface area contributed by atoms with Gasteiger partial charge in [-0.2, -0.15) is 5.10 Å². The van der Waals surface area contributed by atoms with E-state index in [1.54, 1.807) is 15.8 Å². The number of carbonyl (C=O) groups excluding carboxylic acids is 1. The molecule has 0 saturated carbocycles. The minimum atomic E-state index is 0.0958. The van der Waals surface area contributed by atoms with Crippen molar-refractivity contribution in [3.05, 3.63) is 36.2 Å². The number of anilines is 1. The molecule has 1 aromatic heterocycles. The number of para-hydroxylation sites is 1. The predicted molar refractivity (Wildman–Crippen MR) is 92.9 cm³/mol. The van der Waals surface area contributed by atoms with E-state index in [2.05, 4.69) is 10.00 Å². The van der Waals surface area contributed by atoms with Crippen molar-refractivity contribution in [2.45, 2.75) is 13.0 Å². The molecule has 1 amide bonds. The van der Waals surface area contributed by atoms with E-state index in [0.717, 1.165) is 35.7 Å². The smallest absolute Gasteiger partial charge is 0.241 e. The highest BCUT2D eigenvalue weighted by atomic mass is 16.5. The van der Waals surface area contributed by atoms with Crippen LogP contribution in [0.3, 0.4) is 0 Å². The molecule has 132 valence electrons. The first kappa shape index (κ1) is 16.0. The Labute approximate surface area is 146 Å². The van der Waals surface area contributed by atoms with Crippen molar-refractivity contribution in [3.8, 4) is 11.5 Å². The summed E-state index contributed by atoms with van der Waals surface area (Å²) in [6.45, 7) is 3.89. The summed E-state index contributed by atoms with van der Waals surface area (Å²) in [6, 6.07) is 5.97. The molecule has 4 rings (SSSR count). The molecule has 0 N–H and O–H groups in total. The number of aryl methyl sites for hydroxylation is 1. The Balaban J connectivity index is 1.46. The van der Waals surface area contributed by atoms with Crippen LogP contribution in [0.4, 0.5) is 5.69 Å². The molecule has 2 aliphatic heterocycles. The average Bonchev–Trinajstić information content (AvgIpc) is 2.88. The number of aromatic nitrogens is 2. The summed E-state index contributed by atoms with van der Waals surface area (Å²) in [4.78, 5) is 16.5. The predicted octanol–water partition coefficient (Wildman–Crippen LogP) is 1.43. The van der Waals surface area contributed by atoms with Crippen molar-refractivity contribution in [1.82, 2.24) is 14.7 Å². The standard InChI is InChI=1S/C18H22N4O3/c1-20-12-15(10-19-20)22-7-6-21(13-17(22)23)11-14-4-2-5-16-18(14)25-9-3-8-24-16/h2,4-5,10,12H,3,6-9,11,13H2,1H3. The number of hydrogen-bond donors (Lipinski definition) is 0. The zero-order valence-corrected chi connectivity index (χ0v) is 14.4. The van der Waals surface area contributed by atoms with Crippen LogP contribution in [-0.4, -0.2) is 53.4 Å². The minimum absolute atomic E-state index is 0.0958. The number of benzene rings is 1. The third-order valence-electron chi connectivity index (χ3n) is 4.55. The maximum atomic E-state index is 12.5. The van der Waals surface area contributed by atoms with Crippen molar-refractivity contribution in [3.63, 3.8) is 0 Å². The maximum Gasteiger partial charge on any atom is 0.241 e. The lowest BCUT2D eigenvalue weighted by atomic mass is 10.1. The third-order valence-corrected chi connectivity index (χ3v) is 4.55. The van der Waals surface area contributed by atoms with Crippen LogP contribution in [0.2, 0.25) is 0 Å². The summed E-state index contributed by atoms with van der Waals surface area (Å²) >= 11 is 0. The molecule has 0 aliphatic carbocycles. The summed E-state index contributed by atoms with van der Waals surface area (Å²) < 4.78 is 13.3. The normalized spacial score (nSPS) is 18.3. The molecule has 1 fully saturated rings. The molecule has 3 heterocycles. The highest BCUT2D eigenvalue weighted by Crippen LogP contribution is 2.34. The summed E-state index contributed by atoms with van der Waals surface area (Å²) in [6.07, 6.45) is 4.49. The molecule has 0 unspecified atom stereocenters. The number of hydrogen-bond acceptors (Lipinski definition) is 5. The average molecular weight is 342 g/mol. The molecule has 0 radical (unpaired) electrons. The first-order valence-corrected chi connectivity index (χ1v) is 8.59. The topological polar surface area (TPSA) is 59.8 Å². The Hall–Kier alpha value is -2.54. The number of fused-ring (bicyclic) bond motifs is 1. The van der Waals surface area contributed by atoms with Gasteiger partial charge < -0.3 is 14.4 Å². The molecule has 25 heavy (non-hydrogen) atoms. The molecule has 0 bridgehead atoms. The van der Waals surface area contributed by atoms with Gasteiger partial charge in [0.1, 0.15) is 0 Å². The van der Waals surface area contributed by atoms with Crippen LogP contribution in [0, 0.1) is 0 Å². The molecule has 0 atom stereocenters. The Bertz CT molecular complexity index is 773. The van der Waals surface area contributed by atoms with Crippen LogP contribution >= 0.6 is 0 Å². The van der Waals surface area contributed by atoms with Gasteiger partial charge in [-0.1, -0.05) is 12.1 Å². The Morgan fingerprint density at radius 2 is 2.08 bits per heavy atom. The van der Waals surface area contributed by atoms with Gasteiger partial charge in [0.25, 0.3) is 0 Å². The molecule has 1 saturated heterocycles. The molecular formula is C18H22N4O3. The van der Waals surface area contributed by atoms with Gasteiger partial charge in [0, 0.05) is 44.9 Å². The fourth-order valence-corrected chi connectivity index (χ4v) is 3.30. The van der Waals surface area contributed by atoms with E-state index in [1.807, 2.05) is 31.4 Å². The number of nitrogens with zero attached hydrogens (tertiary/aromatic N) is 4. The minimum Gasteiger partial charge on any atom is -0.490 e. The van der Waals surface area contributed by atoms with Crippen LogP contribution in [-0.2, 0) is 18.4 Å². The molecule has 2 aliphatic rings. The first-order chi connectivity index (χ1) is 12.2. The molecular weight excluding hydrogens is 320 g/mol. The summed E-state index contributed by atoms with van der Waals surface area (Å²) in [7, 11) is 1.85. The van der Waals surface area contributed by atoms with Crippen molar-refractivity contribution >= 4 is 11.6 Å². The van der Waals surface area contributed by atoms with Gasteiger partial charge in [-0.05, 0) is 6.07 Å². The maximum absolute atomic E-state index is 12.5. The van der Waals surface area contributed by atoms with Gasteiger partial charge in [-0.15, -0.1) is 0 Å². The van der Waals surface area contributed by atoms with Crippen LogP contribution in [0.5, 0.6) is 11.5 Å². The van der Waals surface area contributed by atoms with Crippen LogP contribution in [0.25, 0.3) is 0 Å². The Morgan fingerprint density at radius 3 is 2.88 bits per heavy atom. The van der Waals surface area contributed by atoms with Gasteiger partial charge in [0.05, 0.1) is 31.6 Å². The van der Waals surface area contributed by atoms with E-state index in [1.165, 1.54) is 0 Å². The van der Waals surface area contributed by atoms with Crippen molar-refractivity contribution in [1.29, 1.82) is 0 Å². The summed E-state index contributed by atoms with van der Waals surface area (Å²) in [5.74, 6) is 1.72. The van der Waals surface area contributed by atoms with Gasteiger partial charge in [-0.25, -0.2) is 0 Å². The highest BCUT2D eigenvalue weighted by molar-refractivity contribution is 5.95. The quantitative estimate of drug-likeness (QED) is 0.845. The van der Waals surface area contributed by atoms with Gasteiger partial charge in [0.2, 0.25) is 5.91 Å². The van der Waals surface area contributed by atoms with Crippen LogP contribution < -0.4 is 14.4 Å². The van der Waals surface area contributed by atoms with Crippen LogP contribution in [0.1, 0.15) is 12.0 Å². The summed E-state index contributed by atoms with van der Waals surface area (Å²) in [5, 5.41) is 4.15. The zero-order chi connectivity index (χ0) is 17.2. The van der Waals surface area contributed by atoms with Gasteiger partial charge in [0.15, 0.2) is 11.5 Å². The number of ether oxygens (including phenoxy) is 2. The number of rotatable bonds is 3. The molecule has 0 spiro atoms. The molecule has 2 aromatic rings. The van der Waals surface area contributed by atoms with Gasteiger partial charge >= 0.3 is 0 Å². The van der Waals surface area contributed by atoms with Crippen molar-refractivity contribution in [2.24, 2.45) is 7.05 Å². The lowest BCUT2D eigenvalue weighted by Gasteiger charge is -2.33. The largest absolute Gasteiger partial charge is 0.490 e. The third kappa shape index (κ3) is 3.32. The number of amides is 1. The molecule has 7 nitrogen and oxygen atoms in total. The Kier molecular flexibility index (Phi) is 4.31. The van der Waals surface area contributed by atoms with E-state index < -0.39 is 0 Å². The molecule has 1 aromatic carbocycles. The number of piperazine rings is 1. The summed E-state index contributed by atoms with van der Waals surface area (Å²) in [5.41, 5.74) is 1.93.